The average Bonchev–Trinajstić information content (AvgIpc) is 2.56. The molecule has 1 saturated carbocycles. The molecule has 0 spiro atoms. The summed E-state index contributed by atoms with van der Waals surface area (Å²) in [5, 5.41) is 19.1. The topological polar surface area (TPSA) is 74.6 Å². The van der Waals surface area contributed by atoms with Crippen molar-refractivity contribution in [2.45, 2.75) is 51.6 Å². The third kappa shape index (κ3) is 4.92. The van der Waals surface area contributed by atoms with Gasteiger partial charge < -0.3 is 10.2 Å². The van der Waals surface area contributed by atoms with Crippen molar-refractivity contribution in [3.8, 4) is 0 Å². The second-order valence-electron chi connectivity index (χ2n) is 4.15. The van der Waals surface area contributed by atoms with Crippen LogP contribution in [0.5, 0.6) is 0 Å². The number of carbonyl (C=O) groups excluding carboxylic acids is 2. The number of carbonyl (C=O) groups is 2. The van der Waals surface area contributed by atoms with Crippen molar-refractivity contribution in [3.63, 3.8) is 0 Å². The number of hydrogen-bond donors (Lipinski definition) is 2. The minimum absolute atomic E-state index is 0. The van der Waals surface area contributed by atoms with Crippen molar-refractivity contribution in [2.24, 2.45) is 0 Å². The zero-order valence-electron chi connectivity index (χ0n) is 10.5. The first kappa shape index (κ1) is 16.8. The van der Waals surface area contributed by atoms with E-state index in [2.05, 4.69) is 0 Å². The molecule has 0 bridgehead atoms. The summed E-state index contributed by atoms with van der Waals surface area (Å²) >= 11 is 0. The normalized spacial score (nSPS) is 16.9. The van der Waals surface area contributed by atoms with Gasteiger partial charge in [0.2, 0.25) is 0 Å². The van der Waals surface area contributed by atoms with Crippen LogP contribution in [0.4, 0.5) is 0 Å². The van der Waals surface area contributed by atoms with E-state index in [1.54, 1.807) is 0 Å². The molecular weight excluding hydrogens is 231 g/mol. The van der Waals surface area contributed by atoms with Crippen LogP contribution in [-0.2, 0) is 9.59 Å². The molecule has 1 aliphatic carbocycles. The predicted octanol–water partition coefficient (Wildman–Crippen LogP) is -1.32. The summed E-state index contributed by atoms with van der Waals surface area (Å²) in [6.07, 6.45) is 2.07. The molecule has 5 heteroatoms. The van der Waals surface area contributed by atoms with E-state index in [9.17, 15) is 19.8 Å². The van der Waals surface area contributed by atoms with E-state index in [1.165, 1.54) is 0 Å². The van der Waals surface area contributed by atoms with Gasteiger partial charge in [-0.3, -0.25) is 9.59 Å². The van der Waals surface area contributed by atoms with Crippen molar-refractivity contribution in [1.82, 2.24) is 0 Å². The molecule has 0 aromatic rings. The van der Waals surface area contributed by atoms with Gasteiger partial charge in [-0.25, -0.2) is 0 Å². The minimum atomic E-state index is -0.473. The first-order valence-electron chi connectivity index (χ1n) is 5.72. The number of Topliss-reactive ketones (excluding diaryl/α,β-unsaturated/α-hetero) is 2. The van der Waals surface area contributed by atoms with Crippen molar-refractivity contribution in [3.05, 3.63) is 11.3 Å². The Morgan fingerprint density at radius 3 is 2.24 bits per heavy atom. The van der Waals surface area contributed by atoms with Gasteiger partial charge in [-0.1, -0.05) is 13.3 Å². The Labute approximate surface area is 123 Å². The Kier molecular flexibility index (Phi) is 7.96. The molecule has 0 amide bonds. The van der Waals surface area contributed by atoms with Gasteiger partial charge in [0.15, 0.2) is 11.6 Å². The standard InChI is InChI=1S/C12H18O4.Na/c1-2-3-8(13)4-5-9(14)12-10(15)6-7-11(12)16;/h8,13-14H,2-7H2,1H3;/q;+1. The second kappa shape index (κ2) is 8.03. The molecule has 0 aromatic carbocycles. The molecule has 0 heterocycles. The zero-order valence-corrected chi connectivity index (χ0v) is 12.5. The van der Waals surface area contributed by atoms with Crippen molar-refractivity contribution in [2.75, 3.05) is 0 Å². The molecule has 17 heavy (non-hydrogen) atoms. The first-order chi connectivity index (χ1) is 7.56. The van der Waals surface area contributed by atoms with Crippen LogP contribution in [0.25, 0.3) is 0 Å². The third-order valence-corrected chi connectivity index (χ3v) is 2.76. The van der Waals surface area contributed by atoms with Gasteiger partial charge in [0.25, 0.3) is 0 Å². The van der Waals surface area contributed by atoms with Gasteiger partial charge >= 0.3 is 29.6 Å². The minimum Gasteiger partial charge on any atom is -0.511 e. The Balaban J connectivity index is 0.00000256. The van der Waals surface area contributed by atoms with Crippen LogP contribution in [0, 0.1) is 0 Å². The fraction of sp³-hybridized carbons (Fsp3) is 0.667. The van der Waals surface area contributed by atoms with E-state index in [0.717, 1.165) is 6.42 Å². The van der Waals surface area contributed by atoms with Crippen LogP contribution in [0.3, 0.4) is 0 Å². The molecule has 2 N–H and O–H groups in total. The summed E-state index contributed by atoms with van der Waals surface area (Å²) in [6.45, 7) is 1.96. The zero-order chi connectivity index (χ0) is 12.1. The van der Waals surface area contributed by atoms with Crippen molar-refractivity contribution in [1.29, 1.82) is 0 Å². The van der Waals surface area contributed by atoms with Gasteiger partial charge in [0.05, 0.1) is 11.7 Å². The van der Waals surface area contributed by atoms with Gasteiger partial charge in [-0.15, -0.1) is 0 Å². The van der Waals surface area contributed by atoms with E-state index in [-0.39, 0.29) is 71.7 Å². The maximum atomic E-state index is 11.3. The molecule has 1 fully saturated rings. The number of aliphatic hydroxyl groups is 2. The number of allylic oxidation sites excluding steroid dienone is 2. The van der Waals surface area contributed by atoms with Crippen LogP contribution >= 0.6 is 0 Å². The molecule has 1 aliphatic rings. The molecule has 0 aliphatic heterocycles. The molecule has 0 aromatic heterocycles. The quantitative estimate of drug-likeness (QED) is 0.274. The molecule has 1 atom stereocenters. The summed E-state index contributed by atoms with van der Waals surface area (Å²) < 4.78 is 0. The number of rotatable bonds is 5. The van der Waals surface area contributed by atoms with E-state index in [0.29, 0.717) is 12.8 Å². The van der Waals surface area contributed by atoms with Crippen LogP contribution in [-0.4, -0.2) is 27.9 Å². The largest absolute Gasteiger partial charge is 1.00 e. The van der Waals surface area contributed by atoms with Crippen molar-refractivity contribution >= 4 is 11.6 Å². The van der Waals surface area contributed by atoms with Gasteiger partial charge in [0, 0.05) is 19.3 Å². The summed E-state index contributed by atoms with van der Waals surface area (Å²) in [6, 6.07) is 0. The van der Waals surface area contributed by atoms with Gasteiger partial charge in [-0.2, -0.15) is 0 Å². The fourth-order valence-electron chi connectivity index (χ4n) is 1.86. The van der Waals surface area contributed by atoms with Crippen LogP contribution in [0.1, 0.15) is 45.4 Å². The maximum Gasteiger partial charge on any atom is 1.00 e. The van der Waals surface area contributed by atoms with Crippen molar-refractivity contribution < 1.29 is 49.4 Å². The number of aliphatic hydroxyl groups excluding tert-OH is 2. The van der Waals surface area contributed by atoms with Crippen LogP contribution in [0.15, 0.2) is 11.3 Å². The van der Waals surface area contributed by atoms with Gasteiger partial charge in [0.1, 0.15) is 5.76 Å². The predicted molar refractivity (Wildman–Crippen MR) is 59.1 cm³/mol. The second-order valence-corrected chi connectivity index (χ2v) is 4.15. The Morgan fingerprint density at radius 2 is 1.76 bits per heavy atom. The van der Waals surface area contributed by atoms with E-state index in [4.69, 9.17) is 0 Å². The summed E-state index contributed by atoms with van der Waals surface area (Å²) in [4.78, 5) is 22.6. The molecule has 1 rings (SSSR count). The fourth-order valence-corrected chi connectivity index (χ4v) is 1.86. The number of hydrogen-bond acceptors (Lipinski definition) is 4. The Hall–Kier alpha value is -0.160. The molecular formula is C12H18NaO4+. The molecule has 90 valence electrons. The molecule has 0 radical (unpaired) electrons. The smallest absolute Gasteiger partial charge is 0.511 e. The van der Waals surface area contributed by atoms with Crippen LogP contribution < -0.4 is 29.6 Å². The Morgan fingerprint density at radius 1 is 1.24 bits per heavy atom. The average molecular weight is 249 g/mol. The van der Waals surface area contributed by atoms with Gasteiger partial charge in [-0.05, 0) is 12.8 Å². The SMILES string of the molecule is CCCC(O)CCC(O)=C1C(=O)CCC1=O.[Na+]. The molecule has 4 nitrogen and oxygen atoms in total. The number of ketones is 2. The first-order valence-corrected chi connectivity index (χ1v) is 5.72. The Bertz CT molecular complexity index is 304. The third-order valence-electron chi connectivity index (χ3n) is 2.76. The molecule has 1 unspecified atom stereocenters. The molecule has 0 saturated heterocycles. The monoisotopic (exact) mass is 249 g/mol. The summed E-state index contributed by atoms with van der Waals surface area (Å²) in [5.41, 5.74) is -0.0382. The maximum absolute atomic E-state index is 11.3. The summed E-state index contributed by atoms with van der Waals surface area (Å²) in [7, 11) is 0. The van der Waals surface area contributed by atoms with E-state index >= 15 is 0 Å². The van der Waals surface area contributed by atoms with E-state index in [1.807, 2.05) is 6.92 Å². The summed E-state index contributed by atoms with van der Waals surface area (Å²) in [5.74, 6) is -0.692. The van der Waals surface area contributed by atoms with E-state index < -0.39 is 6.10 Å². The van der Waals surface area contributed by atoms with Crippen LogP contribution in [0.2, 0.25) is 0 Å².